The first-order chi connectivity index (χ1) is 12.9. The molecule has 0 N–H and O–H groups in total. The predicted octanol–water partition coefficient (Wildman–Crippen LogP) is 3.03. The Hall–Kier alpha value is -2.58. The molecule has 0 spiro atoms. The Morgan fingerprint density at radius 1 is 1.07 bits per heavy atom. The summed E-state index contributed by atoms with van der Waals surface area (Å²) in [5, 5.41) is 4.17. The number of hydrogen-bond donors (Lipinski definition) is 0. The summed E-state index contributed by atoms with van der Waals surface area (Å²) >= 11 is 0. The van der Waals surface area contributed by atoms with Crippen LogP contribution in [0.5, 0.6) is 0 Å². The van der Waals surface area contributed by atoms with Crippen LogP contribution in [0.2, 0.25) is 0 Å². The fraction of sp³-hybridized carbons (Fsp3) is 0.211. The molecule has 0 bridgehead atoms. The van der Waals surface area contributed by atoms with Crippen molar-refractivity contribution in [3.05, 3.63) is 83.2 Å². The molecule has 1 atom stereocenters. The summed E-state index contributed by atoms with van der Waals surface area (Å²) in [7, 11) is -2.56. The lowest BCUT2D eigenvalue weighted by Gasteiger charge is -2.33. The van der Waals surface area contributed by atoms with Crippen molar-refractivity contribution in [1.29, 1.82) is 0 Å². The fourth-order valence-electron chi connectivity index (χ4n) is 3.52. The van der Waals surface area contributed by atoms with E-state index in [4.69, 9.17) is 0 Å². The summed E-state index contributed by atoms with van der Waals surface area (Å²) in [5.41, 5.74) is 2.64. The number of aromatic nitrogens is 2. The maximum Gasteiger partial charge on any atom is 0.249 e. The van der Waals surface area contributed by atoms with Crippen molar-refractivity contribution in [2.45, 2.75) is 17.4 Å². The molecule has 0 radical (unpaired) electrons. The molecule has 1 unspecified atom stereocenters. The normalized spacial score (nSPS) is 17.7. The minimum Gasteiger partial charge on any atom is -0.276 e. The second kappa shape index (κ2) is 6.54. The van der Waals surface area contributed by atoms with Gasteiger partial charge in [-0.05, 0) is 28.8 Å². The molecule has 3 aromatic rings. The van der Waals surface area contributed by atoms with Gasteiger partial charge >= 0.3 is 0 Å². The smallest absolute Gasteiger partial charge is 0.249 e. The molecule has 2 heterocycles. The molecule has 0 fully saturated rings. The van der Waals surface area contributed by atoms with Gasteiger partial charge in [0.05, 0.1) is 6.20 Å². The Balaban J connectivity index is 1.81. The van der Waals surface area contributed by atoms with Gasteiger partial charge in [-0.2, -0.15) is 9.40 Å². The minimum absolute atomic E-state index is 0.0586. The van der Waals surface area contributed by atoms with Crippen LogP contribution >= 0.6 is 0 Å². The Morgan fingerprint density at radius 3 is 2.44 bits per heavy atom. The first-order valence-electron chi connectivity index (χ1n) is 8.38. The standard InChI is InChI=1S/C19H17F2N3O2S/c1-23-10-14(9-22-23)16-12-24(11-13-5-2-3-6-15(13)16)27(25,26)19-17(20)7-4-8-18(19)21/h2-10,16H,11-12H2,1H3. The number of fused-ring (bicyclic) bond motifs is 1. The summed E-state index contributed by atoms with van der Waals surface area (Å²) in [4.78, 5) is -0.908. The van der Waals surface area contributed by atoms with E-state index in [1.54, 1.807) is 17.9 Å². The van der Waals surface area contributed by atoms with Crippen LogP contribution in [0.15, 0.2) is 59.8 Å². The number of rotatable bonds is 3. The molecular formula is C19H17F2N3O2S. The van der Waals surface area contributed by atoms with E-state index in [2.05, 4.69) is 5.10 Å². The van der Waals surface area contributed by atoms with E-state index in [0.717, 1.165) is 39.2 Å². The van der Waals surface area contributed by atoms with E-state index >= 15 is 0 Å². The van der Waals surface area contributed by atoms with Gasteiger partial charge in [0.1, 0.15) is 11.6 Å². The summed E-state index contributed by atoms with van der Waals surface area (Å²) in [6.45, 7) is 0.141. The van der Waals surface area contributed by atoms with Crippen molar-refractivity contribution in [1.82, 2.24) is 14.1 Å². The van der Waals surface area contributed by atoms with Gasteiger partial charge in [0.2, 0.25) is 10.0 Å². The minimum atomic E-state index is -4.34. The summed E-state index contributed by atoms with van der Waals surface area (Å²) < 4.78 is 57.2. The molecule has 5 nitrogen and oxygen atoms in total. The number of hydrogen-bond acceptors (Lipinski definition) is 3. The molecule has 0 saturated carbocycles. The molecule has 27 heavy (non-hydrogen) atoms. The molecule has 4 rings (SSSR count). The highest BCUT2D eigenvalue weighted by atomic mass is 32.2. The Morgan fingerprint density at radius 2 is 1.78 bits per heavy atom. The third-order valence-electron chi connectivity index (χ3n) is 4.81. The average Bonchev–Trinajstić information content (AvgIpc) is 3.06. The first kappa shape index (κ1) is 17.8. The van der Waals surface area contributed by atoms with Crippen LogP contribution in [0.25, 0.3) is 0 Å². The summed E-state index contributed by atoms with van der Waals surface area (Å²) in [6.07, 6.45) is 3.50. The highest BCUT2D eigenvalue weighted by Crippen LogP contribution is 2.36. The van der Waals surface area contributed by atoms with Gasteiger partial charge in [0.15, 0.2) is 4.90 Å². The van der Waals surface area contributed by atoms with Crippen LogP contribution < -0.4 is 0 Å². The van der Waals surface area contributed by atoms with Crippen LogP contribution in [-0.4, -0.2) is 29.0 Å². The lowest BCUT2D eigenvalue weighted by atomic mass is 9.87. The second-order valence-electron chi connectivity index (χ2n) is 6.55. The Kier molecular flexibility index (Phi) is 4.32. The number of nitrogens with zero attached hydrogens (tertiary/aromatic N) is 3. The van der Waals surface area contributed by atoms with E-state index in [1.165, 1.54) is 0 Å². The van der Waals surface area contributed by atoms with Crippen molar-refractivity contribution in [2.24, 2.45) is 7.05 Å². The lowest BCUT2D eigenvalue weighted by molar-refractivity contribution is 0.366. The van der Waals surface area contributed by atoms with Gasteiger partial charge < -0.3 is 0 Å². The zero-order chi connectivity index (χ0) is 19.2. The Bertz CT molecular complexity index is 1090. The number of aryl methyl sites for hydroxylation is 1. The van der Waals surface area contributed by atoms with Crippen LogP contribution in [-0.2, 0) is 23.6 Å². The SMILES string of the molecule is Cn1cc(C2CN(S(=O)(=O)c3c(F)cccc3F)Cc3ccccc32)cn1. The van der Waals surface area contributed by atoms with E-state index < -0.39 is 26.6 Å². The monoisotopic (exact) mass is 389 g/mol. The molecule has 8 heteroatoms. The second-order valence-corrected chi connectivity index (χ2v) is 8.42. The average molecular weight is 389 g/mol. The third kappa shape index (κ3) is 3.04. The molecule has 0 amide bonds. The largest absolute Gasteiger partial charge is 0.276 e. The van der Waals surface area contributed by atoms with Gasteiger partial charge in [-0.25, -0.2) is 17.2 Å². The predicted molar refractivity (Wildman–Crippen MR) is 95.4 cm³/mol. The van der Waals surface area contributed by atoms with Crippen molar-refractivity contribution >= 4 is 10.0 Å². The molecule has 1 aromatic heterocycles. The van der Waals surface area contributed by atoms with Crippen LogP contribution in [0.1, 0.15) is 22.6 Å². The van der Waals surface area contributed by atoms with Crippen molar-refractivity contribution in [3.63, 3.8) is 0 Å². The maximum absolute atomic E-state index is 14.2. The van der Waals surface area contributed by atoms with E-state index in [-0.39, 0.29) is 19.0 Å². The number of benzene rings is 2. The lowest BCUT2D eigenvalue weighted by Crippen LogP contribution is -2.39. The maximum atomic E-state index is 14.2. The molecule has 2 aromatic carbocycles. The van der Waals surface area contributed by atoms with Crippen molar-refractivity contribution in [2.75, 3.05) is 6.54 Å². The molecule has 1 aliphatic heterocycles. The number of halogens is 2. The van der Waals surface area contributed by atoms with Crippen molar-refractivity contribution in [3.8, 4) is 0 Å². The van der Waals surface area contributed by atoms with Gasteiger partial charge in [-0.15, -0.1) is 0 Å². The molecule has 0 aliphatic carbocycles. The van der Waals surface area contributed by atoms with Crippen LogP contribution in [0.3, 0.4) is 0 Å². The first-order valence-corrected chi connectivity index (χ1v) is 9.82. The quantitative estimate of drug-likeness (QED) is 0.692. The van der Waals surface area contributed by atoms with Crippen LogP contribution in [0.4, 0.5) is 8.78 Å². The van der Waals surface area contributed by atoms with Gasteiger partial charge in [0.25, 0.3) is 0 Å². The zero-order valence-electron chi connectivity index (χ0n) is 14.5. The van der Waals surface area contributed by atoms with Gasteiger partial charge in [0, 0.05) is 32.3 Å². The molecule has 0 saturated heterocycles. The highest BCUT2D eigenvalue weighted by Gasteiger charge is 2.37. The van der Waals surface area contributed by atoms with Crippen molar-refractivity contribution < 1.29 is 17.2 Å². The molecule has 140 valence electrons. The van der Waals surface area contributed by atoms with Gasteiger partial charge in [-0.3, -0.25) is 4.68 Å². The molecular weight excluding hydrogens is 372 g/mol. The van der Waals surface area contributed by atoms with Gasteiger partial charge in [-0.1, -0.05) is 30.3 Å². The third-order valence-corrected chi connectivity index (χ3v) is 6.67. The van der Waals surface area contributed by atoms with E-state index in [0.29, 0.717) is 0 Å². The van der Waals surface area contributed by atoms with E-state index in [9.17, 15) is 17.2 Å². The number of sulfonamides is 1. The Labute approximate surface area is 155 Å². The topological polar surface area (TPSA) is 55.2 Å². The summed E-state index contributed by atoms with van der Waals surface area (Å²) in [6, 6.07) is 10.5. The van der Waals surface area contributed by atoms with E-state index in [1.807, 2.05) is 30.5 Å². The fourth-order valence-corrected chi connectivity index (χ4v) is 5.06. The summed E-state index contributed by atoms with van der Waals surface area (Å²) in [5.74, 6) is -2.45. The highest BCUT2D eigenvalue weighted by molar-refractivity contribution is 7.89. The zero-order valence-corrected chi connectivity index (χ0v) is 15.3. The molecule has 1 aliphatic rings. The van der Waals surface area contributed by atoms with Crippen LogP contribution in [0, 0.1) is 11.6 Å².